The number of anilines is 1. The van der Waals surface area contributed by atoms with Crippen molar-refractivity contribution in [3.8, 4) is 0 Å². The Morgan fingerprint density at radius 3 is 2.75 bits per heavy atom. The Labute approximate surface area is 117 Å². The van der Waals surface area contributed by atoms with Crippen molar-refractivity contribution in [2.24, 2.45) is 0 Å². The predicted molar refractivity (Wildman–Crippen MR) is 77.0 cm³/mol. The SMILES string of the molecule is CC(Nc1nc2ccc(F)cc2[nH]1)C(=O)NC(C)(C)C. The lowest BCUT2D eigenvalue weighted by Crippen LogP contribution is -2.47. The molecule has 0 radical (unpaired) electrons. The number of carbonyl (C=O) groups is 1. The molecule has 2 rings (SSSR count). The Hall–Kier alpha value is -2.11. The van der Waals surface area contributed by atoms with Crippen LogP contribution in [0, 0.1) is 5.82 Å². The zero-order valence-electron chi connectivity index (χ0n) is 12.0. The molecule has 5 nitrogen and oxygen atoms in total. The number of carbonyl (C=O) groups excluding carboxylic acids is 1. The summed E-state index contributed by atoms with van der Waals surface area (Å²) in [4.78, 5) is 19.2. The Morgan fingerprint density at radius 1 is 1.40 bits per heavy atom. The van der Waals surface area contributed by atoms with Gasteiger partial charge in [0.05, 0.1) is 11.0 Å². The lowest BCUT2D eigenvalue weighted by atomic mass is 10.1. The molecule has 2 aromatic rings. The molecule has 1 atom stereocenters. The highest BCUT2D eigenvalue weighted by Gasteiger charge is 2.19. The van der Waals surface area contributed by atoms with Crippen molar-refractivity contribution in [3.05, 3.63) is 24.0 Å². The van der Waals surface area contributed by atoms with Gasteiger partial charge in [-0.1, -0.05) is 0 Å². The fraction of sp³-hybridized carbons (Fsp3) is 0.429. The van der Waals surface area contributed by atoms with E-state index in [9.17, 15) is 9.18 Å². The van der Waals surface area contributed by atoms with E-state index in [4.69, 9.17) is 0 Å². The molecule has 0 aliphatic heterocycles. The number of aromatic nitrogens is 2. The zero-order chi connectivity index (χ0) is 14.9. The van der Waals surface area contributed by atoms with Gasteiger partial charge in [0.1, 0.15) is 11.9 Å². The first kappa shape index (κ1) is 14.3. The first-order valence-corrected chi connectivity index (χ1v) is 6.48. The van der Waals surface area contributed by atoms with E-state index in [0.717, 1.165) is 0 Å². The van der Waals surface area contributed by atoms with E-state index in [0.29, 0.717) is 17.0 Å². The van der Waals surface area contributed by atoms with Crippen LogP contribution >= 0.6 is 0 Å². The van der Waals surface area contributed by atoms with Gasteiger partial charge in [-0.3, -0.25) is 4.79 Å². The van der Waals surface area contributed by atoms with E-state index in [-0.39, 0.29) is 17.3 Å². The molecule has 1 aromatic carbocycles. The quantitative estimate of drug-likeness (QED) is 0.807. The van der Waals surface area contributed by atoms with Crippen molar-refractivity contribution in [1.82, 2.24) is 15.3 Å². The maximum absolute atomic E-state index is 13.1. The molecule has 0 aliphatic rings. The number of imidazole rings is 1. The summed E-state index contributed by atoms with van der Waals surface area (Å²) >= 11 is 0. The summed E-state index contributed by atoms with van der Waals surface area (Å²) in [6, 6.07) is 3.86. The van der Waals surface area contributed by atoms with Crippen LogP contribution in [0.25, 0.3) is 11.0 Å². The minimum Gasteiger partial charge on any atom is -0.350 e. The van der Waals surface area contributed by atoms with E-state index >= 15 is 0 Å². The normalized spacial score (nSPS) is 13.2. The fourth-order valence-electron chi connectivity index (χ4n) is 1.80. The molecule has 0 saturated carbocycles. The second-order valence-corrected chi connectivity index (χ2v) is 5.85. The third kappa shape index (κ3) is 3.46. The number of H-pyrrole nitrogens is 1. The summed E-state index contributed by atoms with van der Waals surface area (Å²) in [6.07, 6.45) is 0. The lowest BCUT2D eigenvalue weighted by molar-refractivity contribution is -0.122. The Kier molecular flexibility index (Phi) is 3.65. The Balaban J connectivity index is 2.09. The third-order valence-corrected chi connectivity index (χ3v) is 2.69. The Morgan fingerprint density at radius 2 is 2.10 bits per heavy atom. The summed E-state index contributed by atoms with van der Waals surface area (Å²) in [5.74, 6) is -0.00230. The van der Waals surface area contributed by atoms with Crippen LogP contribution in [0.3, 0.4) is 0 Å². The minimum absolute atomic E-state index is 0.121. The highest BCUT2D eigenvalue weighted by molar-refractivity contribution is 5.85. The van der Waals surface area contributed by atoms with E-state index in [2.05, 4.69) is 20.6 Å². The monoisotopic (exact) mass is 278 g/mol. The second-order valence-electron chi connectivity index (χ2n) is 5.85. The summed E-state index contributed by atoms with van der Waals surface area (Å²) < 4.78 is 13.1. The average molecular weight is 278 g/mol. The predicted octanol–water partition coefficient (Wildman–Crippen LogP) is 2.42. The highest BCUT2D eigenvalue weighted by atomic mass is 19.1. The highest BCUT2D eigenvalue weighted by Crippen LogP contribution is 2.16. The third-order valence-electron chi connectivity index (χ3n) is 2.69. The number of amides is 1. The zero-order valence-corrected chi connectivity index (χ0v) is 12.0. The number of nitrogens with zero attached hydrogens (tertiary/aromatic N) is 1. The van der Waals surface area contributed by atoms with Gasteiger partial charge in [0.2, 0.25) is 11.9 Å². The van der Waals surface area contributed by atoms with Crippen LogP contribution in [-0.4, -0.2) is 27.5 Å². The molecule has 6 heteroatoms. The maximum atomic E-state index is 13.1. The number of aromatic amines is 1. The fourth-order valence-corrected chi connectivity index (χ4v) is 1.80. The number of hydrogen-bond acceptors (Lipinski definition) is 3. The summed E-state index contributed by atoms with van der Waals surface area (Å²) in [5, 5.41) is 5.85. The van der Waals surface area contributed by atoms with Gasteiger partial charge < -0.3 is 15.6 Å². The van der Waals surface area contributed by atoms with Gasteiger partial charge in [-0.15, -0.1) is 0 Å². The molecule has 1 heterocycles. The van der Waals surface area contributed by atoms with E-state index in [1.807, 2.05) is 20.8 Å². The standard InChI is InChI=1S/C14H19FN4O/c1-8(12(20)19-14(2,3)4)16-13-17-10-6-5-9(15)7-11(10)18-13/h5-8H,1-4H3,(H,19,20)(H2,16,17,18). The molecule has 0 saturated heterocycles. The van der Waals surface area contributed by atoms with Gasteiger partial charge in [-0.25, -0.2) is 9.37 Å². The van der Waals surface area contributed by atoms with Crippen LogP contribution in [0.1, 0.15) is 27.7 Å². The lowest BCUT2D eigenvalue weighted by Gasteiger charge is -2.23. The van der Waals surface area contributed by atoms with Crippen molar-refractivity contribution in [3.63, 3.8) is 0 Å². The van der Waals surface area contributed by atoms with Crippen LogP contribution < -0.4 is 10.6 Å². The molecule has 0 spiro atoms. The summed E-state index contributed by atoms with van der Waals surface area (Å²) in [7, 11) is 0. The number of fused-ring (bicyclic) bond motifs is 1. The van der Waals surface area contributed by atoms with Crippen LogP contribution in [-0.2, 0) is 4.79 Å². The van der Waals surface area contributed by atoms with E-state index in [1.54, 1.807) is 13.0 Å². The topological polar surface area (TPSA) is 69.8 Å². The number of rotatable bonds is 3. The van der Waals surface area contributed by atoms with Crippen LogP contribution in [0.5, 0.6) is 0 Å². The van der Waals surface area contributed by atoms with E-state index in [1.165, 1.54) is 12.1 Å². The van der Waals surface area contributed by atoms with Gasteiger partial charge in [0.15, 0.2) is 0 Å². The molecular weight excluding hydrogens is 259 g/mol. The number of nitrogens with one attached hydrogen (secondary N) is 3. The van der Waals surface area contributed by atoms with Crippen molar-refractivity contribution >= 4 is 22.9 Å². The first-order valence-electron chi connectivity index (χ1n) is 6.48. The Bertz CT molecular complexity index is 630. The molecule has 0 bridgehead atoms. The molecule has 0 fully saturated rings. The molecule has 3 N–H and O–H groups in total. The number of hydrogen-bond donors (Lipinski definition) is 3. The second kappa shape index (κ2) is 5.11. The largest absolute Gasteiger partial charge is 0.350 e. The molecular formula is C14H19FN4O. The maximum Gasteiger partial charge on any atom is 0.242 e. The van der Waals surface area contributed by atoms with Crippen molar-refractivity contribution in [2.45, 2.75) is 39.3 Å². The first-order chi connectivity index (χ1) is 9.24. The van der Waals surface area contributed by atoms with Gasteiger partial charge in [0, 0.05) is 5.54 Å². The minimum atomic E-state index is -0.445. The summed E-state index contributed by atoms with van der Waals surface area (Å²) in [5.41, 5.74) is 0.956. The summed E-state index contributed by atoms with van der Waals surface area (Å²) in [6.45, 7) is 7.50. The van der Waals surface area contributed by atoms with Crippen LogP contribution in [0.4, 0.5) is 10.3 Å². The van der Waals surface area contributed by atoms with Crippen LogP contribution in [0.15, 0.2) is 18.2 Å². The molecule has 1 aromatic heterocycles. The molecule has 1 amide bonds. The van der Waals surface area contributed by atoms with Crippen molar-refractivity contribution in [2.75, 3.05) is 5.32 Å². The van der Waals surface area contributed by atoms with Crippen molar-refractivity contribution < 1.29 is 9.18 Å². The van der Waals surface area contributed by atoms with Gasteiger partial charge >= 0.3 is 0 Å². The van der Waals surface area contributed by atoms with Gasteiger partial charge in [-0.2, -0.15) is 0 Å². The van der Waals surface area contributed by atoms with Crippen LogP contribution in [0.2, 0.25) is 0 Å². The van der Waals surface area contributed by atoms with Gasteiger partial charge in [-0.05, 0) is 45.9 Å². The molecule has 108 valence electrons. The average Bonchev–Trinajstić information content (AvgIpc) is 2.67. The smallest absolute Gasteiger partial charge is 0.242 e. The number of benzene rings is 1. The van der Waals surface area contributed by atoms with Crippen molar-refractivity contribution in [1.29, 1.82) is 0 Å². The molecule has 20 heavy (non-hydrogen) atoms. The van der Waals surface area contributed by atoms with Gasteiger partial charge in [0.25, 0.3) is 0 Å². The molecule has 1 unspecified atom stereocenters. The number of halogens is 1. The molecule has 0 aliphatic carbocycles. The van der Waals surface area contributed by atoms with E-state index < -0.39 is 6.04 Å².